The molecule has 8 heteroatoms. The van der Waals surface area contributed by atoms with Crippen molar-refractivity contribution in [1.82, 2.24) is 10.1 Å². The number of rotatable bonds is 3. The fraction of sp³-hybridized carbons (Fsp3) is 0.200. The van der Waals surface area contributed by atoms with Gasteiger partial charge in [-0.2, -0.15) is 0 Å². The number of hydrogen-bond donors (Lipinski definition) is 1. The highest BCUT2D eigenvalue weighted by atomic mass is 32.2. The van der Waals surface area contributed by atoms with Crippen molar-refractivity contribution in [2.24, 2.45) is 0 Å². The molecule has 1 aliphatic rings. The van der Waals surface area contributed by atoms with Gasteiger partial charge >= 0.3 is 5.97 Å². The van der Waals surface area contributed by atoms with Gasteiger partial charge in [0.2, 0.25) is 0 Å². The number of aliphatic carboxylic acids is 1. The molecule has 2 rings (SSSR count). The zero-order chi connectivity index (χ0) is 13.3. The highest BCUT2D eigenvalue weighted by Crippen LogP contribution is 2.32. The number of carbonyl (C=O) groups excluding carboxylic acids is 1. The fourth-order valence-corrected chi connectivity index (χ4v) is 2.60. The summed E-state index contributed by atoms with van der Waals surface area (Å²) in [5.74, 6) is -0.903. The summed E-state index contributed by atoms with van der Waals surface area (Å²) in [6.45, 7) is 1.31. The third-order valence-corrected chi connectivity index (χ3v) is 3.47. The molecule has 0 saturated carbocycles. The van der Waals surface area contributed by atoms with Gasteiger partial charge in [-0.1, -0.05) is 29.1 Å². The third-order valence-electron chi connectivity index (χ3n) is 2.09. The van der Waals surface area contributed by atoms with Gasteiger partial charge in [-0.05, 0) is 13.0 Å². The van der Waals surface area contributed by atoms with Crippen molar-refractivity contribution in [2.75, 3.05) is 6.54 Å². The van der Waals surface area contributed by atoms with Crippen molar-refractivity contribution in [1.29, 1.82) is 0 Å². The molecule has 1 fully saturated rings. The van der Waals surface area contributed by atoms with E-state index in [0.717, 1.165) is 16.7 Å². The van der Waals surface area contributed by atoms with E-state index < -0.39 is 18.4 Å². The third kappa shape index (κ3) is 2.59. The predicted octanol–water partition coefficient (Wildman–Crippen LogP) is 1.27. The number of thiocarbonyl (C=S) groups is 1. The quantitative estimate of drug-likeness (QED) is 0.661. The first-order valence-electron chi connectivity index (χ1n) is 4.88. The zero-order valence-electron chi connectivity index (χ0n) is 9.24. The van der Waals surface area contributed by atoms with Crippen molar-refractivity contribution in [2.45, 2.75) is 6.92 Å². The maximum atomic E-state index is 11.9. The molecule has 0 spiro atoms. The van der Waals surface area contributed by atoms with Crippen LogP contribution in [-0.2, 0) is 9.59 Å². The average molecular weight is 284 g/mol. The number of thioether (sulfide) groups is 1. The molecule has 0 aliphatic carbocycles. The molecule has 0 atom stereocenters. The molecule has 0 aromatic carbocycles. The first kappa shape index (κ1) is 12.8. The molecule has 1 amide bonds. The van der Waals surface area contributed by atoms with Crippen LogP contribution in [0.1, 0.15) is 11.5 Å². The Morgan fingerprint density at radius 2 is 2.44 bits per heavy atom. The van der Waals surface area contributed by atoms with Crippen LogP contribution in [0.15, 0.2) is 15.5 Å². The molecule has 1 N–H and O–H groups in total. The lowest BCUT2D eigenvalue weighted by Gasteiger charge is -2.09. The number of aromatic nitrogens is 1. The van der Waals surface area contributed by atoms with Crippen LogP contribution in [0.3, 0.4) is 0 Å². The largest absolute Gasteiger partial charge is 0.480 e. The average Bonchev–Trinajstić information content (AvgIpc) is 2.78. The van der Waals surface area contributed by atoms with E-state index in [1.54, 1.807) is 13.0 Å². The summed E-state index contributed by atoms with van der Waals surface area (Å²) in [6, 6.07) is 1.67. The zero-order valence-corrected chi connectivity index (χ0v) is 10.9. The van der Waals surface area contributed by atoms with Gasteiger partial charge in [0.15, 0.2) is 0 Å². The number of hydrogen-bond acceptors (Lipinski definition) is 6. The normalized spacial score (nSPS) is 17.8. The van der Waals surface area contributed by atoms with Gasteiger partial charge in [0, 0.05) is 6.07 Å². The molecular formula is C10H8N2O4S2. The molecule has 1 aromatic rings. The number of nitrogens with zero attached hydrogens (tertiary/aromatic N) is 2. The van der Waals surface area contributed by atoms with Crippen molar-refractivity contribution in [3.63, 3.8) is 0 Å². The number of carboxylic acid groups (broad SMARTS) is 1. The molecular weight excluding hydrogens is 276 g/mol. The molecule has 0 bridgehead atoms. The fourth-order valence-electron chi connectivity index (χ4n) is 1.36. The van der Waals surface area contributed by atoms with Crippen LogP contribution in [0.2, 0.25) is 0 Å². The summed E-state index contributed by atoms with van der Waals surface area (Å²) < 4.78 is 5.10. The molecule has 0 unspecified atom stereocenters. The Bertz CT molecular complexity index is 564. The first-order valence-corrected chi connectivity index (χ1v) is 6.10. The summed E-state index contributed by atoms with van der Waals surface area (Å²) in [5, 5.41) is 12.4. The molecule has 1 aromatic heterocycles. The second kappa shape index (κ2) is 4.91. The SMILES string of the molecule is Cc1cc(/C=C2/SC(=S)N(CC(=O)O)C2=O)no1. The van der Waals surface area contributed by atoms with Gasteiger partial charge in [-0.15, -0.1) is 0 Å². The lowest BCUT2D eigenvalue weighted by Crippen LogP contribution is -2.33. The number of aryl methyl sites for hydroxylation is 1. The molecule has 1 saturated heterocycles. The van der Waals surface area contributed by atoms with Crippen LogP contribution in [0.5, 0.6) is 0 Å². The summed E-state index contributed by atoms with van der Waals surface area (Å²) in [4.78, 5) is 23.9. The van der Waals surface area contributed by atoms with Crippen molar-refractivity contribution in [3.05, 3.63) is 22.4 Å². The maximum Gasteiger partial charge on any atom is 0.323 e. The second-order valence-corrected chi connectivity index (χ2v) is 5.20. The van der Waals surface area contributed by atoms with Crippen LogP contribution in [0.4, 0.5) is 0 Å². The van der Waals surface area contributed by atoms with E-state index in [0.29, 0.717) is 16.4 Å². The van der Waals surface area contributed by atoms with E-state index in [-0.39, 0.29) is 4.32 Å². The molecule has 18 heavy (non-hydrogen) atoms. The number of carbonyl (C=O) groups is 2. The minimum atomic E-state index is -1.11. The molecule has 0 radical (unpaired) electrons. The Labute approximate surface area is 112 Å². The van der Waals surface area contributed by atoms with Gasteiger partial charge in [0.05, 0.1) is 4.91 Å². The van der Waals surface area contributed by atoms with Gasteiger partial charge in [-0.3, -0.25) is 14.5 Å². The first-order chi connectivity index (χ1) is 8.47. The van der Waals surface area contributed by atoms with E-state index in [1.807, 2.05) is 0 Å². The minimum Gasteiger partial charge on any atom is -0.480 e. The second-order valence-electron chi connectivity index (χ2n) is 3.52. The molecule has 1 aliphatic heterocycles. The Hall–Kier alpha value is -1.67. The van der Waals surface area contributed by atoms with Gasteiger partial charge < -0.3 is 9.63 Å². The molecule has 94 valence electrons. The van der Waals surface area contributed by atoms with Crippen LogP contribution in [0.25, 0.3) is 6.08 Å². The minimum absolute atomic E-state index is 0.230. The lowest BCUT2D eigenvalue weighted by molar-refractivity contribution is -0.140. The summed E-state index contributed by atoms with van der Waals surface area (Å²) in [5.41, 5.74) is 0.503. The van der Waals surface area contributed by atoms with Gasteiger partial charge in [-0.25, -0.2) is 0 Å². The van der Waals surface area contributed by atoms with Gasteiger partial charge in [0.1, 0.15) is 22.3 Å². The van der Waals surface area contributed by atoms with Crippen molar-refractivity contribution in [3.8, 4) is 0 Å². The van der Waals surface area contributed by atoms with Crippen LogP contribution in [-0.4, -0.2) is 37.9 Å². The molecule has 2 heterocycles. The van der Waals surface area contributed by atoms with Crippen LogP contribution in [0, 0.1) is 6.92 Å². The lowest BCUT2D eigenvalue weighted by atomic mass is 10.3. The maximum absolute atomic E-state index is 11.9. The smallest absolute Gasteiger partial charge is 0.323 e. The summed E-state index contributed by atoms with van der Waals surface area (Å²) in [6.07, 6.45) is 1.53. The van der Waals surface area contributed by atoms with Crippen LogP contribution >= 0.6 is 24.0 Å². The van der Waals surface area contributed by atoms with E-state index >= 15 is 0 Å². The Morgan fingerprint density at radius 1 is 1.72 bits per heavy atom. The highest BCUT2D eigenvalue weighted by Gasteiger charge is 2.33. The van der Waals surface area contributed by atoms with E-state index in [1.165, 1.54) is 6.08 Å². The Kier molecular flexibility index (Phi) is 3.48. The topological polar surface area (TPSA) is 83.6 Å². The van der Waals surface area contributed by atoms with Gasteiger partial charge in [0.25, 0.3) is 5.91 Å². The van der Waals surface area contributed by atoms with E-state index in [9.17, 15) is 9.59 Å². The van der Waals surface area contributed by atoms with E-state index in [4.69, 9.17) is 21.8 Å². The number of carboxylic acids is 1. The van der Waals surface area contributed by atoms with Crippen LogP contribution < -0.4 is 0 Å². The van der Waals surface area contributed by atoms with E-state index in [2.05, 4.69) is 5.16 Å². The summed E-state index contributed by atoms with van der Waals surface area (Å²) in [7, 11) is 0. The Balaban J connectivity index is 2.22. The monoisotopic (exact) mass is 284 g/mol. The standard InChI is InChI=1S/C10H8N2O4S2/c1-5-2-6(11-16-5)3-7-9(15)12(4-8(13)14)10(17)18-7/h2-3H,4H2,1H3,(H,13,14)/b7-3+. The number of amides is 1. The van der Waals surface area contributed by atoms with Crippen molar-refractivity contribution < 1.29 is 19.2 Å². The highest BCUT2D eigenvalue weighted by molar-refractivity contribution is 8.26. The summed E-state index contributed by atoms with van der Waals surface area (Å²) >= 11 is 6.01. The Morgan fingerprint density at radius 3 is 3.00 bits per heavy atom. The molecule has 6 nitrogen and oxygen atoms in total. The predicted molar refractivity (Wildman–Crippen MR) is 68.8 cm³/mol. The van der Waals surface area contributed by atoms with Crippen molar-refractivity contribution >= 4 is 46.3 Å².